The molecule has 1 atom stereocenters. The summed E-state index contributed by atoms with van der Waals surface area (Å²) >= 11 is 2.73. The average molecular weight is 266 g/mol. The second-order valence-electron chi connectivity index (χ2n) is 3.59. The van der Waals surface area contributed by atoms with E-state index in [-0.39, 0.29) is 0 Å². The molecule has 2 aromatic rings. The lowest BCUT2D eigenvalue weighted by molar-refractivity contribution is -0.158. The van der Waals surface area contributed by atoms with E-state index in [0.717, 1.165) is 4.78 Å². The predicted molar refractivity (Wildman–Crippen MR) is 71.8 cm³/mol. The molecule has 0 fully saturated rings. The molecule has 3 nitrogen and oxygen atoms in total. The Morgan fingerprint density at radius 2 is 2.18 bits per heavy atom. The molecular weight excluding hydrogens is 255 g/mol. The Morgan fingerprint density at radius 3 is 2.65 bits per heavy atom. The molecule has 1 unspecified atom stereocenters. The number of carbonyl (C=O) groups is 1. The highest BCUT2D eigenvalue weighted by molar-refractivity contribution is 7.20. The second kappa shape index (κ2) is 4.64. The molecule has 88 valence electrons. The van der Waals surface area contributed by atoms with Crippen molar-refractivity contribution in [1.29, 1.82) is 0 Å². The van der Waals surface area contributed by atoms with Gasteiger partial charge in [0.1, 0.15) is 0 Å². The lowest BCUT2D eigenvalue weighted by Crippen LogP contribution is -2.36. The van der Waals surface area contributed by atoms with Crippen LogP contribution in [0.15, 0.2) is 29.6 Å². The van der Waals surface area contributed by atoms with Crippen LogP contribution < -0.4 is 4.78 Å². The molecule has 0 bridgehead atoms. The van der Waals surface area contributed by atoms with E-state index in [1.165, 1.54) is 29.8 Å². The third-order valence-electron chi connectivity index (χ3n) is 2.46. The summed E-state index contributed by atoms with van der Waals surface area (Å²) in [7, 11) is 3.21. The third kappa shape index (κ3) is 2.03. The Bertz CT molecular complexity index is 521. The quantitative estimate of drug-likeness (QED) is 0.649. The van der Waals surface area contributed by atoms with Crippen LogP contribution in [0.3, 0.4) is 0 Å². The van der Waals surface area contributed by atoms with Gasteiger partial charge in [-0.05, 0) is 22.3 Å². The zero-order valence-corrected chi connectivity index (χ0v) is 11.1. The summed E-state index contributed by atoms with van der Waals surface area (Å²) in [6, 6.07) is 7.17. The predicted octanol–water partition coefficient (Wildman–Crippen LogP) is 0.477. The smallest absolute Gasteiger partial charge is 0.349 e. The minimum atomic E-state index is -1.68. The minimum Gasteiger partial charge on any atom is -0.466 e. The summed E-state index contributed by atoms with van der Waals surface area (Å²) in [5, 5.41) is 12.5. The topological polar surface area (TPSA) is 46.5 Å². The molecule has 0 amide bonds. The minimum absolute atomic E-state index is 0.575. The van der Waals surface area contributed by atoms with Gasteiger partial charge >= 0.3 is 5.97 Å². The average Bonchev–Trinajstić information content (AvgIpc) is 2.97. The maximum absolute atomic E-state index is 11.9. The molecule has 0 saturated carbocycles. The largest absolute Gasteiger partial charge is 0.466 e. The highest BCUT2D eigenvalue weighted by Gasteiger charge is 2.43. The number of ether oxygens (including phenoxy) is 1. The molecule has 0 aliphatic rings. The maximum Gasteiger partial charge on any atom is 0.349 e. The van der Waals surface area contributed by atoms with Gasteiger partial charge in [-0.2, -0.15) is 11.3 Å². The SMILES string of the molecule is Bc1ccc(C(O)(C(=O)OC)c2cccs2)s1. The van der Waals surface area contributed by atoms with Gasteiger partial charge in [0.2, 0.25) is 5.60 Å². The fourth-order valence-electron chi connectivity index (χ4n) is 1.58. The number of thiophene rings is 2. The summed E-state index contributed by atoms with van der Waals surface area (Å²) in [6.45, 7) is 0. The third-order valence-corrected chi connectivity index (χ3v) is 4.54. The number of esters is 1. The highest BCUT2D eigenvalue weighted by Crippen LogP contribution is 2.35. The molecule has 6 heteroatoms. The fraction of sp³-hybridized carbons (Fsp3) is 0.182. The Kier molecular flexibility index (Phi) is 3.37. The van der Waals surface area contributed by atoms with E-state index in [2.05, 4.69) is 0 Å². The molecule has 0 aromatic carbocycles. The molecule has 0 radical (unpaired) electrons. The van der Waals surface area contributed by atoms with Crippen LogP contribution in [-0.2, 0) is 15.1 Å². The molecule has 0 aliphatic carbocycles. The zero-order valence-electron chi connectivity index (χ0n) is 9.47. The number of carbonyl (C=O) groups excluding carboxylic acids is 1. The zero-order chi connectivity index (χ0) is 12.5. The summed E-state index contributed by atoms with van der Waals surface area (Å²) < 4.78 is 5.77. The van der Waals surface area contributed by atoms with Gasteiger partial charge in [0.05, 0.1) is 16.9 Å². The van der Waals surface area contributed by atoms with Crippen LogP contribution in [0.1, 0.15) is 9.75 Å². The number of rotatable bonds is 3. The first-order valence-corrected chi connectivity index (χ1v) is 6.70. The van der Waals surface area contributed by atoms with E-state index in [1.807, 2.05) is 19.3 Å². The van der Waals surface area contributed by atoms with Crippen molar-refractivity contribution in [2.45, 2.75) is 5.60 Å². The van der Waals surface area contributed by atoms with Crippen LogP contribution in [0, 0.1) is 0 Å². The first-order chi connectivity index (χ1) is 8.09. The molecular formula is C11H11BO3S2. The monoisotopic (exact) mass is 266 g/mol. The van der Waals surface area contributed by atoms with Gasteiger partial charge in [0.25, 0.3) is 0 Å². The van der Waals surface area contributed by atoms with E-state index in [1.54, 1.807) is 18.2 Å². The Morgan fingerprint density at radius 1 is 1.41 bits per heavy atom. The van der Waals surface area contributed by atoms with Crippen molar-refractivity contribution in [3.05, 3.63) is 39.4 Å². The van der Waals surface area contributed by atoms with Crippen LogP contribution in [0.25, 0.3) is 0 Å². The molecule has 2 rings (SSSR count). The molecule has 0 spiro atoms. The van der Waals surface area contributed by atoms with Gasteiger partial charge in [-0.25, -0.2) is 4.79 Å². The molecule has 2 heterocycles. The van der Waals surface area contributed by atoms with E-state index < -0.39 is 11.6 Å². The van der Waals surface area contributed by atoms with E-state index >= 15 is 0 Å². The van der Waals surface area contributed by atoms with Gasteiger partial charge in [-0.1, -0.05) is 12.1 Å². The van der Waals surface area contributed by atoms with Crippen molar-refractivity contribution in [3.63, 3.8) is 0 Å². The summed E-state index contributed by atoms with van der Waals surface area (Å²) in [4.78, 5) is 13.0. The molecule has 0 aliphatic heterocycles. The summed E-state index contributed by atoms with van der Waals surface area (Å²) in [5.74, 6) is -0.651. The Hall–Kier alpha value is -1.11. The Balaban J connectivity index is 2.55. The number of aliphatic hydroxyl groups is 1. The van der Waals surface area contributed by atoms with Crippen LogP contribution in [0.2, 0.25) is 0 Å². The first-order valence-electron chi connectivity index (χ1n) is 5.00. The standard InChI is InChI=1S/C11H11BO3S2/c1-15-10(13)11(14,7-3-2-6-16-7)8-4-5-9(12)17-8/h2-6,14H,12H2,1H3. The molecule has 0 saturated heterocycles. The molecule has 17 heavy (non-hydrogen) atoms. The van der Waals surface area contributed by atoms with Crippen molar-refractivity contribution >= 4 is 41.3 Å². The normalized spacial score (nSPS) is 14.2. The number of methoxy groups -OCH3 is 1. The van der Waals surface area contributed by atoms with Gasteiger partial charge in [-0.3, -0.25) is 0 Å². The lowest BCUT2D eigenvalue weighted by Gasteiger charge is -2.22. The van der Waals surface area contributed by atoms with Gasteiger partial charge in [-0.15, -0.1) is 11.3 Å². The van der Waals surface area contributed by atoms with E-state index in [9.17, 15) is 9.90 Å². The fourth-order valence-corrected chi connectivity index (χ4v) is 3.43. The second-order valence-corrected chi connectivity index (χ2v) is 5.83. The van der Waals surface area contributed by atoms with Crippen LogP contribution >= 0.6 is 22.7 Å². The van der Waals surface area contributed by atoms with Gasteiger partial charge in [0.15, 0.2) is 7.85 Å². The Labute approximate surface area is 108 Å². The number of hydrogen-bond acceptors (Lipinski definition) is 5. The summed E-state index contributed by atoms with van der Waals surface area (Å²) in [5.41, 5.74) is -1.68. The van der Waals surface area contributed by atoms with Crippen molar-refractivity contribution in [2.75, 3.05) is 7.11 Å². The maximum atomic E-state index is 11.9. The lowest BCUT2D eigenvalue weighted by atomic mass is 10.00. The van der Waals surface area contributed by atoms with Crippen molar-refractivity contribution in [1.82, 2.24) is 0 Å². The van der Waals surface area contributed by atoms with Crippen LogP contribution in [0.4, 0.5) is 0 Å². The van der Waals surface area contributed by atoms with Crippen molar-refractivity contribution in [3.8, 4) is 0 Å². The molecule has 2 aromatic heterocycles. The highest BCUT2D eigenvalue weighted by atomic mass is 32.1. The van der Waals surface area contributed by atoms with Gasteiger partial charge < -0.3 is 9.84 Å². The van der Waals surface area contributed by atoms with E-state index in [0.29, 0.717) is 9.75 Å². The summed E-state index contributed by atoms with van der Waals surface area (Å²) in [6.07, 6.45) is 0. The van der Waals surface area contributed by atoms with Gasteiger partial charge in [0, 0.05) is 0 Å². The van der Waals surface area contributed by atoms with E-state index in [4.69, 9.17) is 4.74 Å². The van der Waals surface area contributed by atoms with Crippen LogP contribution in [0.5, 0.6) is 0 Å². The first kappa shape index (κ1) is 12.4. The van der Waals surface area contributed by atoms with Crippen molar-refractivity contribution < 1.29 is 14.6 Å². The van der Waals surface area contributed by atoms with Crippen molar-refractivity contribution in [2.24, 2.45) is 0 Å². The molecule has 1 N–H and O–H groups in total. The number of hydrogen-bond donors (Lipinski definition) is 1. The van der Waals surface area contributed by atoms with Crippen LogP contribution in [-0.4, -0.2) is 26.0 Å².